The van der Waals surface area contributed by atoms with Crippen molar-refractivity contribution in [1.29, 1.82) is 0 Å². The summed E-state index contributed by atoms with van der Waals surface area (Å²) in [5.74, 6) is 1.21. The zero-order chi connectivity index (χ0) is 27.5. The molecular formula is C30H31NO8. The van der Waals surface area contributed by atoms with Gasteiger partial charge in [0.1, 0.15) is 11.5 Å². The lowest BCUT2D eigenvalue weighted by Gasteiger charge is -2.35. The van der Waals surface area contributed by atoms with Gasteiger partial charge in [-0.05, 0) is 42.3 Å². The van der Waals surface area contributed by atoms with Gasteiger partial charge >= 0.3 is 12.1 Å². The molecule has 0 saturated carbocycles. The number of carbonyl (C=O) groups is 2. The highest BCUT2D eigenvalue weighted by atomic mass is 16.8. The number of carboxylic acid groups (broad SMARTS) is 2. The second-order valence-corrected chi connectivity index (χ2v) is 8.84. The van der Waals surface area contributed by atoms with E-state index >= 15 is 0 Å². The monoisotopic (exact) mass is 533 g/mol. The van der Waals surface area contributed by atoms with Crippen LogP contribution in [0.25, 0.3) is 12.2 Å². The molecule has 1 atom stereocenters. The topological polar surface area (TPSA) is 115 Å². The highest BCUT2D eigenvalue weighted by molar-refractivity contribution is 5.78. The van der Waals surface area contributed by atoms with Crippen LogP contribution in [0.4, 0.5) is 10.5 Å². The Morgan fingerprint density at radius 1 is 0.872 bits per heavy atom. The molecule has 204 valence electrons. The van der Waals surface area contributed by atoms with E-state index in [1.165, 1.54) is 0 Å². The van der Waals surface area contributed by atoms with Gasteiger partial charge in [0.15, 0.2) is 5.75 Å². The summed E-state index contributed by atoms with van der Waals surface area (Å²) in [4.78, 5) is 24.0. The van der Waals surface area contributed by atoms with Crippen molar-refractivity contribution in [2.75, 3.05) is 31.2 Å². The highest BCUT2D eigenvalue weighted by Crippen LogP contribution is 2.38. The number of aliphatic carboxylic acids is 1. The minimum Gasteiger partial charge on any atom is -0.493 e. The van der Waals surface area contributed by atoms with Crippen LogP contribution in [0.3, 0.4) is 0 Å². The third-order valence-electron chi connectivity index (χ3n) is 5.94. The molecule has 2 N–H and O–H groups in total. The fourth-order valence-electron chi connectivity index (χ4n) is 4.12. The molecule has 0 fully saturated rings. The fraction of sp³-hybridized carbons (Fsp3) is 0.267. The third-order valence-corrected chi connectivity index (χ3v) is 5.94. The fourth-order valence-corrected chi connectivity index (χ4v) is 4.12. The van der Waals surface area contributed by atoms with Crippen molar-refractivity contribution < 1.29 is 38.7 Å². The van der Waals surface area contributed by atoms with Gasteiger partial charge in [0.25, 0.3) is 6.29 Å². The van der Waals surface area contributed by atoms with Crippen molar-refractivity contribution in [3.8, 4) is 17.2 Å². The number of carboxylic acids is 1. The molecular weight excluding hydrogens is 502 g/mol. The molecule has 0 radical (unpaired) electrons. The Hall–Kier alpha value is -4.66. The van der Waals surface area contributed by atoms with E-state index in [0.29, 0.717) is 31.9 Å². The zero-order valence-corrected chi connectivity index (χ0v) is 21.4. The summed E-state index contributed by atoms with van der Waals surface area (Å²) in [5.41, 5.74) is 2.45. The Morgan fingerprint density at radius 3 is 2.28 bits per heavy atom. The first-order chi connectivity index (χ1) is 19.0. The van der Waals surface area contributed by atoms with Gasteiger partial charge in [-0.25, -0.2) is 4.79 Å². The van der Waals surface area contributed by atoms with Gasteiger partial charge in [0.2, 0.25) is 0 Å². The van der Waals surface area contributed by atoms with E-state index < -0.39 is 18.4 Å². The van der Waals surface area contributed by atoms with E-state index in [4.69, 9.17) is 29.2 Å². The molecule has 0 saturated heterocycles. The molecule has 0 spiro atoms. The number of hydrogen-bond acceptors (Lipinski definition) is 7. The van der Waals surface area contributed by atoms with Crippen LogP contribution in [0.15, 0.2) is 72.8 Å². The number of fused-ring (bicyclic) bond motifs is 1. The third kappa shape index (κ3) is 8.43. The first kappa shape index (κ1) is 27.4. The smallest absolute Gasteiger partial charge is 0.493 e. The van der Waals surface area contributed by atoms with E-state index in [1.807, 2.05) is 89.8 Å². The maximum absolute atomic E-state index is 11.1. The lowest BCUT2D eigenvalue weighted by molar-refractivity contribution is -0.137. The summed E-state index contributed by atoms with van der Waals surface area (Å²) < 4.78 is 22.3. The Morgan fingerprint density at radius 2 is 1.59 bits per heavy atom. The predicted octanol–water partition coefficient (Wildman–Crippen LogP) is 5.79. The zero-order valence-electron chi connectivity index (χ0n) is 21.4. The molecule has 3 aromatic rings. The Balaban J connectivity index is 1.36. The molecule has 1 aliphatic rings. The maximum atomic E-state index is 11.1. The summed E-state index contributed by atoms with van der Waals surface area (Å²) in [7, 11) is 0. The number of rotatable bonds is 13. The number of ether oxygens (including phenoxy) is 4. The van der Waals surface area contributed by atoms with Crippen LogP contribution in [0, 0.1) is 0 Å². The second-order valence-electron chi connectivity index (χ2n) is 8.84. The van der Waals surface area contributed by atoms with Crippen LogP contribution in [0.5, 0.6) is 17.2 Å². The van der Waals surface area contributed by atoms with Gasteiger partial charge in [-0.3, -0.25) is 4.79 Å². The molecule has 0 bridgehead atoms. The van der Waals surface area contributed by atoms with E-state index in [1.54, 1.807) is 0 Å². The Kier molecular flexibility index (Phi) is 9.66. The minimum absolute atomic E-state index is 0.0118. The molecule has 0 aromatic heterocycles. The van der Waals surface area contributed by atoms with Crippen molar-refractivity contribution in [3.05, 3.63) is 83.9 Å². The molecule has 3 aromatic carbocycles. The van der Waals surface area contributed by atoms with E-state index in [0.717, 1.165) is 34.7 Å². The molecule has 9 heteroatoms. The Labute approximate surface area is 226 Å². The van der Waals surface area contributed by atoms with Crippen molar-refractivity contribution in [2.24, 2.45) is 0 Å². The summed E-state index contributed by atoms with van der Waals surface area (Å²) >= 11 is 0. The quantitative estimate of drug-likeness (QED) is 0.160. The van der Waals surface area contributed by atoms with Crippen LogP contribution in [0.1, 0.15) is 30.4 Å². The van der Waals surface area contributed by atoms with E-state index in [9.17, 15) is 9.59 Å². The molecule has 4 rings (SSSR count). The average molecular weight is 534 g/mol. The van der Waals surface area contributed by atoms with Crippen LogP contribution >= 0.6 is 0 Å². The van der Waals surface area contributed by atoms with Crippen LogP contribution < -0.4 is 19.1 Å². The second kappa shape index (κ2) is 13.8. The minimum atomic E-state index is -1.44. The standard InChI is InChI=1S/C30H31NO8/c32-27(33)11-5-18-31-21-28(39-30(34)35)38-29-23(7-4-10-26(29)31)15-12-22-13-16-25(17-14-22)37-20-6-19-36-24-8-2-1-3-9-24/h1-4,7-10,12-17,28H,5-6,11,18-21H2,(H,32,33)(H,34,35)/b15-12+. The molecule has 1 aliphatic heterocycles. The molecule has 0 aliphatic carbocycles. The van der Waals surface area contributed by atoms with Crippen molar-refractivity contribution in [1.82, 2.24) is 0 Å². The van der Waals surface area contributed by atoms with Gasteiger partial charge in [-0.2, -0.15) is 0 Å². The molecule has 1 heterocycles. The summed E-state index contributed by atoms with van der Waals surface area (Å²) in [6, 6.07) is 22.9. The molecule has 39 heavy (non-hydrogen) atoms. The number of hydrogen-bond donors (Lipinski definition) is 2. The van der Waals surface area contributed by atoms with E-state index in [2.05, 4.69) is 0 Å². The largest absolute Gasteiger partial charge is 0.508 e. The van der Waals surface area contributed by atoms with Gasteiger partial charge < -0.3 is 34.1 Å². The first-order valence-corrected chi connectivity index (χ1v) is 12.7. The normalized spacial score (nSPS) is 14.4. The lowest BCUT2D eigenvalue weighted by Crippen LogP contribution is -2.43. The molecule has 1 unspecified atom stereocenters. The number of para-hydroxylation sites is 2. The number of benzene rings is 3. The molecule has 9 nitrogen and oxygen atoms in total. The lowest BCUT2D eigenvalue weighted by atomic mass is 10.1. The predicted molar refractivity (Wildman–Crippen MR) is 146 cm³/mol. The summed E-state index contributed by atoms with van der Waals surface area (Å²) in [6.45, 7) is 1.71. The van der Waals surface area contributed by atoms with Crippen molar-refractivity contribution >= 4 is 30.0 Å². The SMILES string of the molecule is O=C(O)CCCN1CC(OC(=O)O)Oc2c(/C=C/c3ccc(OCCCOc4ccccc4)cc3)cccc21. The van der Waals surface area contributed by atoms with Crippen LogP contribution in [0.2, 0.25) is 0 Å². The van der Waals surface area contributed by atoms with Crippen LogP contribution in [-0.2, 0) is 9.53 Å². The highest BCUT2D eigenvalue weighted by Gasteiger charge is 2.29. The van der Waals surface area contributed by atoms with Gasteiger partial charge in [0.05, 0.1) is 25.4 Å². The summed E-state index contributed by atoms with van der Waals surface area (Å²) in [5, 5.41) is 18.1. The maximum Gasteiger partial charge on any atom is 0.508 e. The van der Waals surface area contributed by atoms with Gasteiger partial charge in [-0.15, -0.1) is 0 Å². The summed E-state index contributed by atoms with van der Waals surface area (Å²) in [6.07, 6.45) is 2.52. The van der Waals surface area contributed by atoms with Crippen molar-refractivity contribution in [3.63, 3.8) is 0 Å². The van der Waals surface area contributed by atoms with Crippen molar-refractivity contribution in [2.45, 2.75) is 25.6 Å². The van der Waals surface area contributed by atoms with Gasteiger partial charge in [-0.1, -0.05) is 54.6 Å². The first-order valence-electron chi connectivity index (χ1n) is 12.7. The van der Waals surface area contributed by atoms with Gasteiger partial charge in [0, 0.05) is 24.9 Å². The van der Waals surface area contributed by atoms with Crippen LogP contribution in [-0.4, -0.2) is 54.9 Å². The van der Waals surface area contributed by atoms with E-state index in [-0.39, 0.29) is 13.0 Å². The molecule has 0 amide bonds. The Bertz CT molecular complexity index is 1260. The average Bonchev–Trinajstić information content (AvgIpc) is 2.92. The number of nitrogens with zero attached hydrogens (tertiary/aromatic N) is 1. The number of anilines is 1.